The molecule has 0 bridgehead atoms. The van der Waals surface area contributed by atoms with E-state index in [4.69, 9.17) is 21.1 Å². The Kier molecular flexibility index (Phi) is 4.05. The fourth-order valence-corrected chi connectivity index (χ4v) is 2.78. The van der Waals surface area contributed by atoms with Crippen LogP contribution >= 0.6 is 11.6 Å². The van der Waals surface area contributed by atoms with Gasteiger partial charge in [0, 0.05) is 15.8 Å². The van der Waals surface area contributed by atoms with E-state index in [0.717, 1.165) is 10.8 Å². The molecule has 3 rings (SSSR count). The number of fused-ring (bicyclic) bond motifs is 2. The summed E-state index contributed by atoms with van der Waals surface area (Å²) in [5.74, 6) is -0.511. The largest absolute Gasteiger partial charge is 0.482 e. The summed E-state index contributed by atoms with van der Waals surface area (Å²) >= 11 is 6.06. The van der Waals surface area contributed by atoms with E-state index in [0.29, 0.717) is 10.3 Å². The maximum absolute atomic E-state index is 11.8. The van der Waals surface area contributed by atoms with Gasteiger partial charge in [0.05, 0.1) is 6.61 Å². The van der Waals surface area contributed by atoms with Gasteiger partial charge in [0.1, 0.15) is 11.9 Å². The number of benzene rings is 1. The molecule has 5 heteroatoms. The quantitative estimate of drug-likeness (QED) is 0.844. The fraction of sp³-hybridized carbons (Fsp3) is 0.235. The highest BCUT2D eigenvalue weighted by molar-refractivity contribution is 6.32. The maximum Gasteiger partial charge on any atom is 0.342 e. The van der Waals surface area contributed by atoms with Crippen LogP contribution in [0.15, 0.2) is 47.5 Å². The van der Waals surface area contributed by atoms with Crippen molar-refractivity contribution in [2.45, 2.75) is 19.1 Å². The van der Waals surface area contributed by atoms with Crippen molar-refractivity contribution >= 4 is 28.9 Å². The molecule has 4 nitrogen and oxygen atoms in total. The van der Waals surface area contributed by atoms with E-state index < -0.39 is 12.1 Å². The van der Waals surface area contributed by atoms with E-state index in [1.807, 2.05) is 24.3 Å². The van der Waals surface area contributed by atoms with E-state index in [-0.39, 0.29) is 18.5 Å². The smallest absolute Gasteiger partial charge is 0.342 e. The zero-order chi connectivity index (χ0) is 15.7. The zero-order valence-electron chi connectivity index (χ0n) is 12.0. The van der Waals surface area contributed by atoms with E-state index in [1.165, 1.54) is 0 Å². The van der Waals surface area contributed by atoms with Gasteiger partial charge in [-0.2, -0.15) is 0 Å². The summed E-state index contributed by atoms with van der Waals surface area (Å²) in [5.41, 5.74) is 0.905. The minimum Gasteiger partial charge on any atom is -0.482 e. The van der Waals surface area contributed by atoms with Crippen LogP contribution < -0.4 is 10.4 Å². The highest BCUT2D eigenvalue weighted by atomic mass is 35.5. The summed E-state index contributed by atoms with van der Waals surface area (Å²) in [6.45, 7) is 1.89. The molecule has 1 aromatic carbocycles. The Bertz CT molecular complexity index is 791. The predicted octanol–water partition coefficient (Wildman–Crippen LogP) is 0.961. The van der Waals surface area contributed by atoms with Crippen molar-refractivity contribution in [3.05, 3.63) is 58.0 Å². The summed E-state index contributed by atoms with van der Waals surface area (Å²) in [5, 5.41) is 12.4. The Labute approximate surface area is 132 Å². The number of aliphatic hydroxyl groups excluding tert-OH is 1. The van der Waals surface area contributed by atoms with Gasteiger partial charge < -0.3 is 14.6 Å². The van der Waals surface area contributed by atoms with Crippen LogP contribution in [0.4, 0.5) is 0 Å². The molecular weight excluding hydrogens is 304 g/mol. The standard InChI is InChI=1S/C17H15ClO4/c1-2-21-17(20)15(19)16-12-6-4-3-5-11(12)13-9-10(18)7-8-14(13)22-16/h3-9,14-15,19H,2H2,1H3. The number of allylic oxidation sites excluding steroid dienone is 2. The first-order valence-electron chi connectivity index (χ1n) is 7.02. The van der Waals surface area contributed by atoms with E-state index in [2.05, 4.69) is 0 Å². The second-order valence-electron chi connectivity index (χ2n) is 4.95. The number of hydrogen-bond acceptors (Lipinski definition) is 4. The average Bonchev–Trinajstić information content (AvgIpc) is 2.54. The number of rotatable bonds is 3. The molecule has 0 spiro atoms. The second-order valence-corrected chi connectivity index (χ2v) is 5.38. The monoisotopic (exact) mass is 318 g/mol. The minimum absolute atomic E-state index is 0.198. The second kappa shape index (κ2) is 5.99. The van der Waals surface area contributed by atoms with Gasteiger partial charge in [0.15, 0.2) is 0 Å². The predicted molar refractivity (Wildman–Crippen MR) is 83.1 cm³/mol. The molecule has 1 heterocycles. The molecule has 0 aromatic heterocycles. The van der Waals surface area contributed by atoms with E-state index in [9.17, 15) is 9.90 Å². The summed E-state index contributed by atoms with van der Waals surface area (Å²) in [4.78, 5) is 11.8. The lowest BCUT2D eigenvalue weighted by Gasteiger charge is -2.27. The molecule has 2 unspecified atom stereocenters. The molecule has 2 aliphatic rings. The zero-order valence-corrected chi connectivity index (χ0v) is 12.7. The summed E-state index contributed by atoms with van der Waals surface area (Å²) < 4.78 is 10.7. The molecule has 0 amide bonds. The topological polar surface area (TPSA) is 55.8 Å². The Morgan fingerprint density at radius 1 is 1.41 bits per heavy atom. The third-order valence-corrected chi connectivity index (χ3v) is 3.78. The van der Waals surface area contributed by atoms with Gasteiger partial charge in [-0.3, -0.25) is 0 Å². The third-order valence-electron chi connectivity index (χ3n) is 3.55. The van der Waals surface area contributed by atoms with Crippen molar-refractivity contribution in [3.63, 3.8) is 0 Å². The molecule has 0 fully saturated rings. The Morgan fingerprint density at radius 3 is 2.86 bits per heavy atom. The third kappa shape index (κ3) is 2.56. The fourth-order valence-electron chi connectivity index (χ4n) is 2.59. The van der Waals surface area contributed by atoms with Crippen LogP contribution in [0.5, 0.6) is 0 Å². The molecule has 1 aliphatic carbocycles. The first kappa shape index (κ1) is 14.9. The first-order valence-corrected chi connectivity index (χ1v) is 7.40. The van der Waals surface area contributed by atoms with Crippen molar-refractivity contribution in [1.82, 2.24) is 0 Å². The summed E-state index contributed by atoms with van der Waals surface area (Å²) in [7, 11) is 0. The number of ether oxygens (including phenoxy) is 2. The number of carbonyl (C=O) groups excluding carboxylic acids is 1. The van der Waals surface area contributed by atoms with Gasteiger partial charge in [-0.25, -0.2) is 4.79 Å². The molecule has 22 heavy (non-hydrogen) atoms. The summed E-state index contributed by atoms with van der Waals surface area (Å²) in [6, 6.07) is 7.43. The highest BCUT2D eigenvalue weighted by Gasteiger charge is 2.30. The lowest BCUT2D eigenvalue weighted by Crippen LogP contribution is -2.43. The first-order chi connectivity index (χ1) is 10.6. The Hall–Kier alpha value is -2.04. The van der Waals surface area contributed by atoms with Crippen molar-refractivity contribution in [1.29, 1.82) is 0 Å². The Balaban J connectivity index is 2.21. The van der Waals surface area contributed by atoms with Crippen LogP contribution in [0.3, 0.4) is 0 Å². The molecule has 1 N–H and O–H groups in total. The van der Waals surface area contributed by atoms with Gasteiger partial charge in [-0.05, 0) is 30.4 Å². The van der Waals surface area contributed by atoms with Crippen LogP contribution in [-0.2, 0) is 14.3 Å². The number of carbonyl (C=O) groups is 1. The van der Waals surface area contributed by atoms with Gasteiger partial charge in [0.25, 0.3) is 0 Å². The number of hydrogen-bond donors (Lipinski definition) is 1. The average molecular weight is 319 g/mol. The van der Waals surface area contributed by atoms with Crippen molar-refractivity contribution in [2.75, 3.05) is 6.61 Å². The summed E-state index contributed by atoms with van der Waals surface area (Å²) in [6.07, 6.45) is 3.54. The molecular formula is C17H15ClO4. The minimum atomic E-state index is -1.45. The normalized spacial score (nSPS) is 20.5. The molecule has 1 aliphatic heterocycles. The number of esters is 1. The molecule has 0 radical (unpaired) electrons. The van der Waals surface area contributed by atoms with Gasteiger partial charge >= 0.3 is 5.97 Å². The van der Waals surface area contributed by atoms with Crippen LogP contribution in [-0.4, -0.2) is 29.9 Å². The van der Waals surface area contributed by atoms with Crippen LogP contribution in [0.2, 0.25) is 0 Å². The van der Waals surface area contributed by atoms with Gasteiger partial charge in [-0.15, -0.1) is 0 Å². The van der Waals surface area contributed by atoms with Crippen molar-refractivity contribution in [2.24, 2.45) is 0 Å². The van der Waals surface area contributed by atoms with Crippen molar-refractivity contribution < 1.29 is 19.4 Å². The van der Waals surface area contributed by atoms with E-state index >= 15 is 0 Å². The van der Waals surface area contributed by atoms with Crippen LogP contribution in [0.25, 0.3) is 11.3 Å². The van der Waals surface area contributed by atoms with Crippen LogP contribution in [0, 0.1) is 0 Å². The molecule has 2 atom stereocenters. The lowest BCUT2D eigenvalue weighted by atomic mass is 9.97. The number of halogens is 1. The molecule has 114 valence electrons. The highest BCUT2D eigenvalue weighted by Crippen LogP contribution is 2.26. The molecule has 1 aromatic rings. The number of aliphatic hydroxyl groups is 1. The molecule has 0 saturated heterocycles. The van der Waals surface area contributed by atoms with Crippen LogP contribution in [0.1, 0.15) is 6.92 Å². The van der Waals surface area contributed by atoms with Gasteiger partial charge in [-0.1, -0.05) is 35.9 Å². The Morgan fingerprint density at radius 2 is 2.14 bits per heavy atom. The molecule has 0 saturated carbocycles. The lowest BCUT2D eigenvalue weighted by molar-refractivity contribution is -0.151. The SMILES string of the molecule is CCOC(=O)C(O)C1=c2ccccc2=C2C=C(Cl)C=CC2O1. The van der Waals surface area contributed by atoms with Gasteiger partial charge in [0.2, 0.25) is 6.10 Å². The van der Waals surface area contributed by atoms with E-state index in [1.54, 1.807) is 25.1 Å². The maximum atomic E-state index is 11.8. The van der Waals surface area contributed by atoms with Crippen molar-refractivity contribution in [3.8, 4) is 0 Å².